The fourth-order valence-electron chi connectivity index (χ4n) is 0.898. The van der Waals surface area contributed by atoms with Gasteiger partial charge in [-0.1, -0.05) is 0 Å². The summed E-state index contributed by atoms with van der Waals surface area (Å²) in [5.41, 5.74) is 11.6. The molecule has 0 aliphatic rings. The van der Waals surface area contributed by atoms with Gasteiger partial charge in [0.15, 0.2) is 5.82 Å². The van der Waals surface area contributed by atoms with Gasteiger partial charge in [0.2, 0.25) is 5.88 Å². The summed E-state index contributed by atoms with van der Waals surface area (Å²) in [6.45, 7) is 1.18. The molecule has 0 amide bonds. The highest BCUT2D eigenvalue weighted by atomic mass is 16.5. The molecule has 5 N–H and O–H groups in total. The molecule has 0 aliphatic carbocycles. The Morgan fingerprint density at radius 2 is 2.31 bits per heavy atom. The highest BCUT2D eigenvalue weighted by molar-refractivity contribution is 5.61. The Kier molecular flexibility index (Phi) is 3.33. The van der Waals surface area contributed by atoms with E-state index in [-0.39, 0.29) is 0 Å². The van der Waals surface area contributed by atoms with Gasteiger partial charge in [-0.25, -0.2) is 0 Å². The van der Waals surface area contributed by atoms with Crippen molar-refractivity contribution in [1.29, 1.82) is 0 Å². The summed E-state index contributed by atoms with van der Waals surface area (Å²) in [6, 6.07) is 3.45. The van der Waals surface area contributed by atoms with E-state index in [2.05, 4.69) is 10.3 Å². The van der Waals surface area contributed by atoms with Crippen LogP contribution in [0.3, 0.4) is 0 Å². The minimum atomic E-state index is 0.536. The topological polar surface area (TPSA) is 86.2 Å². The molecule has 0 saturated carbocycles. The Hall–Kier alpha value is -1.49. The number of nitrogen functional groups attached to an aromatic ring is 1. The summed E-state index contributed by atoms with van der Waals surface area (Å²) < 4.78 is 4.95. The third-order valence-corrected chi connectivity index (χ3v) is 1.55. The lowest BCUT2D eigenvalue weighted by Gasteiger charge is -2.08. The number of nitrogens with one attached hydrogen (secondary N) is 1. The number of nitrogens with zero attached hydrogens (tertiary/aromatic N) is 1. The Balaban J connectivity index is 2.78. The molecular weight excluding hydrogens is 168 g/mol. The normalized spacial score (nSPS) is 9.69. The number of pyridine rings is 1. The van der Waals surface area contributed by atoms with E-state index in [4.69, 9.17) is 16.2 Å². The first-order valence-corrected chi connectivity index (χ1v) is 4.02. The molecular formula is C8H14N4O. The molecule has 5 heteroatoms. The Morgan fingerprint density at radius 1 is 1.54 bits per heavy atom. The van der Waals surface area contributed by atoms with Gasteiger partial charge < -0.3 is 21.5 Å². The lowest BCUT2D eigenvalue weighted by molar-refractivity contribution is 0.398. The first-order chi connectivity index (χ1) is 6.27. The van der Waals surface area contributed by atoms with Gasteiger partial charge in [-0.2, -0.15) is 4.98 Å². The van der Waals surface area contributed by atoms with Crippen molar-refractivity contribution in [2.75, 3.05) is 31.2 Å². The van der Waals surface area contributed by atoms with E-state index in [1.54, 1.807) is 19.2 Å². The van der Waals surface area contributed by atoms with Crippen LogP contribution in [0.2, 0.25) is 0 Å². The van der Waals surface area contributed by atoms with E-state index >= 15 is 0 Å². The summed E-state index contributed by atoms with van der Waals surface area (Å²) in [6.07, 6.45) is 0. The second-order valence-corrected chi connectivity index (χ2v) is 2.51. The van der Waals surface area contributed by atoms with Crippen LogP contribution in [0, 0.1) is 0 Å². The van der Waals surface area contributed by atoms with E-state index < -0.39 is 0 Å². The highest BCUT2D eigenvalue weighted by Gasteiger charge is 2.01. The van der Waals surface area contributed by atoms with E-state index in [1.165, 1.54) is 0 Å². The molecule has 1 rings (SSSR count). The van der Waals surface area contributed by atoms with Gasteiger partial charge in [-0.15, -0.1) is 0 Å². The number of hydrogen-bond donors (Lipinski definition) is 3. The standard InChI is InChI=1S/C8H14N4O/c1-13-7-3-2-6(10)8(12-7)11-5-4-9/h2-3H,4-5,9-10H2,1H3,(H,11,12). The Labute approximate surface area is 77.1 Å². The van der Waals surface area contributed by atoms with Crippen LogP contribution in [-0.4, -0.2) is 25.2 Å². The number of methoxy groups -OCH3 is 1. The van der Waals surface area contributed by atoms with Gasteiger partial charge in [-0.05, 0) is 6.07 Å². The minimum Gasteiger partial charge on any atom is -0.481 e. The van der Waals surface area contributed by atoms with Crippen molar-refractivity contribution in [3.8, 4) is 5.88 Å². The summed E-state index contributed by atoms with van der Waals surface area (Å²) in [5.74, 6) is 1.15. The average Bonchev–Trinajstić information content (AvgIpc) is 2.17. The molecule has 1 heterocycles. The third kappa shape index (κ3) is 2.48. The number of anilines is 2. The van der Waals surface area contributed by atoms with Crippen molar-refractivity contribution in [3.05, 3.63) is 12.1 Å². The smallest absolute Gasteiger partial charge is 0.215 e. The molecule has 13 heavy (non-hydrogen) atoms. The Bertz CT molecular complexity index is 277. The van der Waals surface area contributed by atoms with Crippen LogP contribution in [0.1, 0.15) is 0 Å². The van der Waals surface area contributed by atoms with Crippen LogP contribution in [0.25, 0.3) is 0 Å². The fourth-order valence-corrected chi connectivity index (χ4v) is 0.898. The van der Waals surface area contributed by atoms with Gasteiger partial charge in [0.05, 0.1) is 12.8 Å². The van der Waals surface area contributed by atoms with Crippen molar-refractivity contribution in [1.82, 2.24) is 4.98 Å². The summed E-state index contributed by atoms with van der Waals surface area (Å²) in [4.78, 5) is 4.11. The molecule has 0 spiro atoms. The number of nitrogens with two attached hydrogens (primary N) is 2. The number of aromatic nitrogens is 1. The lowest BCUT2D eigenvalue weighted by atomic mass is 10.4. The second-order valence-electron chi connectivity index (χ2n) is 2.51. The molecule has 0 saturated heterocycles. The van der Waals surface area contributed by atoms with Crippen LogP contribution in [-0.2, 0) is 0 Å². The van der Waals surface area contributed by atoms with Crippen LogP contribution >= 0.6 is 0 Å². The molecule has 0 radical (unpaired) electrons. The van der Waals surface area contributed by atoms with Crippen LogP contribution < -0.4 is 21.5 Å². The lowest BCUT2D eigenvalue weighted by Crippen LogP contribution is -2.15. The predicted molar refractivity (Wildman–Crippen MR) is 52.7 cm³/mol. The summed E-state index contributed by atoms with van der Waals surface area (Å²) >= 11 is 0. The quantitative estimate of drug-likeness (QED) is 0.612. The third-order valence-electron chi connectivity index (χ3n) is 1.55. The molecule has 0 fully saturated rings. The molecule has 0 unspecified atom stereocenters. The first kappa shape index (κ1) is 9.60. The van der Waals surface area contributed by atoms with Gasteiger partial charge in [0.25, 0.3) is 0 Å². The Morgan fingerprint density at radius 3 is 2.92 bits per heavy atom. The van der Waals surface area contributed by atoms with Crippen molar-refractivity contribution in [2.45, 2.75) is 0 Å². The monoisotopic (exact) mass is 182 g/mol. The van der Waals surface area contributed by atoms with Gasteiger partial charge in [-0.3, -0.25) is 0 Å². The number of hydrogen-bond acceptors (Lipinski definition) is 5. The van der Waals surface area contributed by atoms with E-state index in [9.17, 15) is 0 Å². The molecule has 72 valence electrons. The highest BCUT2D eigenvalue weighted by Crippen LogP contribution is 2.18. The fraction of sp³-hybridized carbons (Fsp3) is 0.375. The van der Waals surface area contributed by atoms with Crippen molar-refractivity contribution >= 4 is 11.5 Å². The van der Waals surface area contributed by atoms with Gasteiger partial charge >= 0.3 is 0 Å². The van der Waals surface area contributed by atoms with Crippen molar-refractivity contribution in [2.24, 2.45) is 5.73 Å². The van der Waals surface area contributed by atoms with Crippen LogP contribution in [0.5, 0.6) is 5.88 Å². The molecule has 5 nitrogen and oxygen atoms in total. The summed E-state index contributed by atoms with van der Waals surface area (Å²) in [5, 5.41) is 3.00. The maximum absolute atomic E-state index is 5.66. The molecule has 0 bridgehead atoms. The first-order valence-electron chi connectivity index (χ1n) is 4.02. The predicted octanol–water partition coefficient (Wildman–Crippen LogP) is 0.0430. The zero-order chi connectivity index (χ0) is 9.68. The zero-order valence-electron chi connectivity index (χ0n) is 7.58. The van der Waals surface area contributed by atoms with E-state index in [0.717, 1.165) is 0 Å². The number of rotatable bonds is 4. The molecule has 1 aromatic rings. The maximum atomic E-state index is 5.66. The zero-order valence-corrected chi connectivity index (χ0v) is 7.58. The molecule has 0 aromatic carbocycles. The molecule has 1 aromatic heterocycles. The number of ether oxygens (including phenoxy) is 1. The molecule has 0 aliphatic heterocycles. The maximum Gasteiger partial charge on any atom is 0.215 e. The van der Waals surface area contributed by atoms with E-state index in [0.29, 0.717) is 30.5 Å². The average molecular weight is 182 g/mol. The minimum absolute atomic E-state index is 0.536. The molecule has 0 atom stereocenters. The van der Waals surface area contributed by atoms with Crippen LogP contribution in [0.4, 0.5) is 11.5 Å². The van der Waals surface area contributed by atoms with Crippen molar-refractivity contribution in [3.63, 3.8) is 0 Å². The summed E-state index contributed by atoms with van der Waals surface area (Å²) in [7, 11) is 1.56. The van der Waals surface area contributed by atoms with E-state index in [1.807, 2.05) is 0 Å². The largest absolute Gasteiger partial charge is 0.481 e. The van der Waals surface area contributed by atoms with Crippen molar-refractivity contribution < 1.29 is 4.74 Å². The SMILES string of the molecule is COc1ccc(N)c(NCCN)n1. The van der Waals surface area contributed by atoms with Gasteiger partial charge in [0.1, 0.15) is 0 Å². The second kappa shape index (κ2) is 4.51. The van der Waals surface area contributed by atoms with Gasteiger partial charge in [0, 0.05) is 19.2 Å². The van der Waals surface area contributed by atoms with Crippen LogP contribution in [0.15, 0.2) is 12.1 Å².